The summed E-state index contributed by atoms with van der Waals surface area (Å²) in [6.07, 6.45) is 1.53. The average molecular weight is 375 g/mol. The molecule has 2 aliphatic rings. The van der Waals surface area contributed by atoms with Gasteiger partial charge < -0.3 is 5.32 Å². The van der Waals surface area contributed by atoms with Gasteiger partial charge in [-0.1, -0.05) is 45.0 Å². The van der Waals surface area contributed by atoms with Gasteiger partial charge in [0.2, 0.25) is 5.91 Å². The summed E-state index contributed by atoms with van der Waals surface area (Å²) in [6, 6.07) is 14.0. The molecular weight excluding hydrogens is 353 g/mol. The normalized spacial score (nSPS) is 27.0. The molecule has 1 saturated carbocycles. The fraction of sp³-hybridized carbons (Fsp3) is 0.348. The van der Waals surface area contributed by atoms with E-state index in [-0.39, 0.29) is 17.0 Å². The molecule has 5 rings (SSSR count). The zero-order valence-electron chi connectivity index (χ0n) is 16.2. The summed E-state index contributed by atoms with van der Waals surface area (Å²) in [4.78, 5) is 23.5. The number of nitrogens with zero attached hydrogens (tertiary/aromatic N) is 2. The Bertz CT molecular complexity index is 1140. The molecule has 3 aromatic rings. The van der Waals surface area contributed by atoms with Crippen LogP contribution in [0.15, 0.2) is 48.5 Å². The van der Waals surface area contributed by atoms with E-state index >= 15 is 0 Å². The third kappa shape index (κ3) is 1.87. The van der Waals surface area contributed by atoms with Crippen molar-refractivity contribution in [3.8, 4) is 0 Å². The summed E-state index contributed by atoms with van der Waals surface area (Å²) in [5.74, 6) is -0.636. The zero-order valence-corrected chi connectivity index (χ0v) is 16.2. The van der Waals surface area contributed by atoms with Gasteiger partial charge >= 0.3 is 0 Å². The Labute approximate surface area is 163 Å². The SMILES string of the molecule is CC1(C)[C@]2(C)CC[C@@]1(C(=O)Nc1ccccc1F)c1nc3ccccc3nc12. The number of nitrogens with one attached hydrogen (secondary N) is 1. The lowest BCUT2D eigenvalue weighted by molar-refractivity contribution is -0.125. The van der Waals surface area contributed by atoms with Crippen molar-refractivity contribution < 1.29 is 9.18 Å². The molecule has 1 fully saturated rings. The van der Waals surface area contributed by atoms with Crippen LogP contribution in [0.3, 0.4) is 0 Å². The molecule has 2 aromatic carbocycles. The Morgan fingerprint density at radius 1 is 0.929 bits per heavy atom. The molecule has 1 aromatic heterocycles. The van der Waals surface area contributed by atoms with E-state index in [1.807, 2.05) is 24.3 Å². The minimum absolute atomic E-state index is 0.199. The third-order valence-electron chi connectivity index (χ3n) is 7.45. The summed E-state index contributed by atoms with van der Waals surface area (Å²) in [7, 11) is 0. The van der Waals surface area contributed by atoms with Crippen LogP contribution in [-0.4, -0.2) is 15.9 Å². The number of hydrogen-bond acceptors (Lipinski definition) is 3. The lowest BCUT2D eigenvalue weighted by atomic mass is 9.63. The van der Waals surface area contributed by atoms with Gasteiger partial charge in [0.25, 0.3) is 0 Å². The van der Waals surface area contributed by atoms with Crippen LogP contribution in [0.4, 0.5) is 10.1 Å². The van der Waals surface area contributed by atoms with Crippen LogP contribution in [0.5, 0.6) is 0 Å². The standard InChI is InChI=1S/C23H22FN3O/c1-21(2)22(3)12-13-23(21,20(28)27-15-9-5-4-8-14(15)24)19-18(22)25-16-10-6-7-11-17(16)26-19/h4-11H,12-13H2,1-3H3,(H,27,28)/t22-,23+/m1/s1. The number of fused-ring (bicyclic) bond motifs is 6. The van der Waals surface area contributed by atoms with E-state index in [1.54, 1.807) is 18.2 Å². The lowest BCUT2D eigenvalue weighted by Gasteiger charge is -2.39. The van der Waals surface area contributed by atoms with E-state index in [0.29, 0.717) is 6.42 Å². The van der Waals surface area contributed by atoms with Gasteiger partial charge in [0.1, 0.15) is 5.82 Å². The second-order valence-corrected chi connectivity index (χ2v) is 8.71. The first-order valence-corrected chi connectivity index (χ1v) is 9.65. The number of amides is 1. The highest BCUT2D eigenvalue weighted by Crippen LogP contribution is 2.70. The first-order chi connectivity index (χ1) is 13.3. The van der Waals surface area contributed by atoms with E-state index in [9.17, 15) is 9.18 Å². The van der Waals surface area contributed by atoms with Crippen molar-refractivity contribution in [3.63, 3.8) is 0 Å². The topological polar surface area (TPSA) is 54.9 Å². The maximum atomic E-state index is 14.2. The van der Waals surface area contributed by atoms with E-state index in [4.69, 9.17) is 9.97 Å². The van der Waals surface area contributed by atoms with Crippen molar-refractivity contribution in [1.29, 1.82) is 0 Å². The van der Waals surface area contributed by atoms with E-state index in [1.165, 1.54) is 6.07 Å². The first kappa shape index (κ1) is 17.3. The number of anilines is 1. The molecule has 2 aliphatic carbocycles. The fourth-order valence-electron chi connectivity index (χ4n) is 5.34. The summed E-state index contributed by atoms with van der Waals surface area (Å²) in [6.45, 7) is 6.42. The molecule has 0 spiro atoms. The molecule has 1 N–H and O–H groups in total. The second kappa shape index (κ2) is 5.37. The summed E-state index contributed by atoms with van der Waals surface area (Å²) >= 11 is 0. The monoisotopic (exact) mass is 375 g/mol. The minimum Gasteiger partial charge on any atom is -0.323 e. The van der Waals surface area contributed by atoms with Gasteiger partial charge in [0.05, 0.1) is 33.5 Å². The predicted octanol–water partition coefficient (Wildman–Crippen LogP) is 4.74. The smallest absolute Gasteiger partial charge is 0.237 e. The van der Waals surface area contributed by atoms with E-state index < -0.39 is 16.6 Å². The molecule has 0 radical (unpaired) electrons. The molecular formula is C23H22FN3O. The number of carbonyl (C=O) groups is 1. The van der Waals surface area contributed by atoms with Gasteiger partial charge in [0, 0.05) is 5.41 Å². The average Bonchev–Trinajstić information content (AvgIpc) is 2.98. The molecule has 4 nitrogen and oxygen atoms in total. The molecule has 5 heteroatoms. The molecule has 28 heavy (non-hydrogen) atoms. The zero-order chi connectivity index (χ0) is 19.7. The van der Waals surface area contributed by atoms with Crippen molar-refractivity contribution >= 4 is 22.6 Å². The number of carbonyl (C=O) groups excluding carboxylic acids is 1. The van der Waals surface area contributed by atoms with Crippen molar-refractivity contribution in [1.82, 2.24) is 9.97 Å². The van der Waals surface area contributed by atoms with Crippen LogP contribution in [0, 0.1) is 11.2 Å². The number of aromatic nitrogens is 2. The predicted molar refractivity (Wildman–Crippen MR) is 107 cm³/mol. The van der Waals surface area contributed by atoms with Crippen LogP contribution < -0.4 is 5.32 Å². The fourth-order valence-corrected chi connectivity index (χ4v) is 5.34. The molecule has 142 valence electrons. The lowest BCUT2D eigenvalue weighted by Crippen LogP contribution is -2.48. The van der Waals surface area contributed by atoms with Gasteiger partial charge in [-0.25, -0.2) is 14.4 Å². The van der Waals surface area contributed by atoms with E-state index in [2.05, 4.69) is 26.1 Å². The molecule has 0 saturated heterocycles. The molecule has 0 aliphatic heterocycles. The number of rotatable bonds is 2. The Kier molecular flexibility index (Phi) is 3.32. The summed E-state index contributed by atoms with van der Waals surface area (Å²) in [5.41, 5.74) is 2.00. The number of halogens is 1. The van der Waals surface area contributed by atoms with Crippen LogP contribution in [-0.2, 0) is 15.6 Å². The molecule has 2 bridgehead atoms. The molecule has 2 atom stereocenters. The third-order valence-corrected chi connectivity index (χ3v) is 7.45. The van der Waals surface area contributed by atoms with Crippen LogP contribution in [0.25, 0.3) is 11.0 Å². The second-order valence-electron chi connectivity index (χ2n) is 8.71. The maximum Gasteiger partial charge on any atom is 0.237 e. The van der Waals surface area contributed by atoms with Crippen LogP contribution in [0.2, 0.25) is 0 Å². The highest BCUT2D eigenvalue weighted by Gasteiger charge is 2.73. The van der Waals surface area contributed by atoms with E-state index in [0.717, 1.165) is 28.8 Å². The highest BCUT2D eigenvalue weighted by molar-refractivity contribution is 6.02. The molecule has 1 amide bonds. The Morgan fingerprint density at radius 2 is 1.54 bits per heavy atom. The maximum absolute atomic E-state index is 14.2. The highest BCUT2D eigenvalue weighted by atomic mass is 19.1. The number of benzene rings is 2. The van der Waals surface area contributed by atoms with Crippen LogP contribution in [0.1, 0.15) is 45.0 Å². The minimum atomic E-state index is -0.837. The van der Waals surface area contributed by atoms with Crippen molar-refractivity contribution in [2.24, 2.45) is 5.41 Å². The van der Waals surface area contributed by atoms with Gasteiger partial charge in [0.15, 0.2) is 0 Å². The van der Waals surface area contributed by atoms with Crippen molar-refractivity contribution in [2.75, 3.05) is 5.32 Å². The first-order valence-electron chi connectivity index (χ1n) is 9.65. The largest absolute Gasteiger partial charge is 0.323 e. The van der Waals surface area contributed by atoms with Crippen LogP contribution >= 0.6 is 0 Å². The Morgan fingerprint density at radius 3 is 2.21 bits per heavy atom. The van der Waals surface area contributed by atoms with Gasteiger partial charge in [-0.15, -0.1) is 0 Å². The molecule has 1 heterocycles. The van der Waals surface area contributed by atoms with Gasteiger partial charge in [-0.2, -0.15) is 0 Å². The Balaban J connectivity index is 1.72. The quantitative estimate of drug-likeness (QED) is 0.704. The number of para-hydroxylation sites is 3. The molecule has 0 unspecified atom stereocenters. The Hall–Kier alpha value is -2.82. The summed E-state index contributed by atoms with van der Waals surface area (Å²) in [5, 5.41) is 2.85. The summed E-state index contributed by atoms with van der Waals surface area (Å²) < 4.78 is 14.2. The van der Waals surface area contributed by atoms with Crippen molar-refractivity contribution in [3.05, 3.63) is 65.7 Å². The number of hydrogen-bond donors (Lipinski definition) is 1. The van der Waals surface area contributed by atoms with Crippen molar-refractivity contribution in [2.45, 2.75) is 44.4 Å². The van der Waals surface area contributed by atoms with Gasteiger partial charge in [-0.05, 0) is 42.5 Å². The van der Waals surface area contributed by atoms with Gasteiger partial charge in [-0.3, -0.25) is 4.79 Å².